The molecule has 0 saturated carbocycles. The predicted octanol–water partition coefficient (Wildman–Crippen LogP) is 4.35. The average Bonchev–Trinajstić information content (AvgIpc) is 3.16. The average molecular weight is 408 g/mol. The van der Waals surface area contributed by atoms with E-state index in [-0.39, 0.29) is 26.9 Å². The van der Waals surface area contributed by atoms with E-state index in [1.807, 2.05) is 0 Å². The molecule has 2 aromatic heterocycles. The minimum atomic E-state index is -0.915. The molecule has 1 amide bonds. The van der Waals surface area contributed by atoms with Crippen LogP contribution in [0.1, 0.15) is 26.4 Å². The summed E-state index contributed by atoms with van der Waals surface area (Å²) >= 11 is 11.6. The van der Waals surface area contributed by atoms with Crippen LogP contribution in [0.2, 0.25) is 10.0 Å². The maximum absolute atomic E-state index is 14.2. The monoisotopic (exact) mass is 407 g/mol. The first-order valence-corrected chi connectivity index (χ1v) is 8.34. The SMILES string of the molecule is COc1ccncc1NC(=O)c1cc(C(=O)c2c(Cl)ccc(Cl)c2F)c[nH]1. The van der Waals surface area contributed by atoms with E-state index in [1.54, 1.807) is 6.07 Å². The summed E-state index contributed by atoms with van der Waals surface area (Å²) < 4.78 is 19.3. The Labute approximate surface area is 163 Å². The maximum atomic E-state index is 14.2. The van der Waals surface area contributed by atoms with Crippen LogP contribution in [0.4, 0.5) is 10.1 Å². The van der Waals surface area contributed by atoms with E-state index in [9.17, 15) is 14.0 Å². The second kappa shape index (κ2) is 7.77. The molecule has 0 aliphatic heterocycles. The number of pyridine rings is 1. The van der Waals surface area contributed by atoms with E-state index in [1.165, 1.54) is 43.9 Å². The summed E-state index contributed by atoms with van der Waals surface area (Å²) in [4.78, 5) is 31.5. The molecule has 2 heterocycles. The van der Waals surface area contributed by atoms with Gasteiger partial charge in [0.15, 0.2) is 11.6 Å². The highest BCUT2D eigenvalue weighted by molar-refractivity contribution is 6.37. The van der Waals surface area contributed by atoms with Crippen molar-refractivity contribution in [1.82, 2.24) is 9.97 Å². The van der Waals surface area contributed by atoms with Gasteiger partial charge in [-0.3, -0.25) is 14.6 Å². The van der Waals surface area contributed by atoms with Gasteiger partial charge in [0.25, 0.3) is 5.91 Å². The van der Waals surface area contributed by atoms with Crippen LogP contribution in [-0.2, 0) is 0 Å². The molecule has 3 rings (SSSR count). The fourth-order valence-electron chi connectivity index (χ4n) is 2.38. The third-order valence-electron chi connectivity index (χ3n) is 3.71. The number of aromatic amines is 1. The molecule has 0 unspecified atom stereocenters. The molecule has 0 spiro atoms. The summed E-state index contributed by atoms with van der Waals surface area (Å²) in [5.74, 6) is -1.72. The number of amides is 1. The molecule has 1 aromatic carbocycles. The van der Waals surface area contributed by atoms with Gasteiger partial charge in [0.1, 0.15) is 17.1 Å². The van der Waals surface area contributed by atoms with Crippen molar-refractivity contribution >= 4 is 40.6 Å². The number of methoxy groups -OCH3 is 1. The highest BCUT2D eigenvalue weighted by atomic mass is 35.5. The Morgan fingerprint density at radius 2 is 1.96 bits per heavy atom. The molecule has 0 radical (unpaired) electrons. The van der Waals surface area contributed by atoms with Crippen LogP contribution in [0.25, 0.3) is 0 Å². The molecule has 0 saturated heterocycles. The molecular weight excluding hydrogens is 396 g/mol. The molecule has 0 aliphatic rings. The van der Waals surface area contributed by atoms with E-state index in [0.29, 0.717) is 11.4 Å². The Morgan fingerprint density at radius 3 is 2.70 bits per heavy atom. The number of nitrogens with one attached hydrogen (secondary N) is 2. The van der Waals surface area contributed by atoms with E-state index in [0.717, 1.165) is 0 Å². The number of anilines is 1. The molecule has 9 heteroatoms. The number of benzene rings is 1. The minimum absolute atomic E-state index is 0.0568. The number of carbonyl (C=O) groups is 2. The van der Waals surface area contributed by atoms with E-state index in [2.05, 4.69) is 15.3 Å². The first-order valence-electron chi connectivity index (χ1n) is 7.58. The topological polar surface area (TPSA) is 84.1 Å². The van der Waals surface area contributed by atoms with Crippen LogP contribution in [0.3, 0.4) is 0 Å². The fourth-order valence-corrected chi connectivity index (χ4v) is 2.77. The van der Waals surface area contributed by atoms with Crippen LogP contribution in [0.5, 0.6) is 5.75 Å². The second-order valence-electron chi connectivity index (χ2n) is 5.38. The van der Waals surface area contributed by atoms with Crippen molar-refractivity contribution in [3.05, 3.63) is 75.5 Å². The number of ether oxygens (including phenoxy) is 1. The zero-order valence-corrected chi connectivity index (χ0v) is 15.4. The van der Waals surface area contributed by atoms with Gasteiger partial charge >= 0.3 is 0 Å². The largest absolute Gasteiger partial charge is 0.494 e. The molecule has 6 nitrogen and oxygen atoms in total. The van der Waals surface area contributed by atoms with Crippen molar-refractivity contribution < 1.29 is 18.7 Å². The van der Waals surface area contributed by atoms with Crippen molar-refractivity contribution in [2.45, 2.75) is 0 Å². The van der Waals surface area contributed by atoms with Crippen molar-refractivity contribution in [3.8, 4) is 5.75 Å². The number of H-pyrrole nitrogens is 1. The summed E-state index contributed by atoms with van der Waals surface area (Å²) in [7, 11) is 1.46. The van der Waals surface area contributed by atoms with Gasteiger partial charge in [-0.25, -0.2) is 4.39 Å². The summed E-state index contributed by atoms with van der Waals surface area (Å²) in [6.07, 6.45) is 4.23. The van der Waals surface area contributed by atoms with Crippen molar-refractivity contribution in [2.24, 2.45) is 0 Å². The Balaban J connectivity index is 1.86. The predicted molar refractivity (Wildman–Crippen MR) is 99.4 cm³/mol. The van der Waals surface area contributed by atoms with Gasteiger partial charge in [0.2, 0.25) is 0 Å². The van der Waals surface area contributed by atoms with E-state index < -0.39 is 17.5 Å². The zero-order valence-electron chi connectivity index (χ0n) is 13.8. The number of carbonyl (C=O) groups excluding carboxylic acids is 2. The lowest BCUT2D eigenvalue weighted by Gasteiger charge is -2.08. The molecule has 0 fully saturated rings. The maximum Gasteiger partial charge on any atom is 0.272 e. The molecule has 3 aromatic rings. The summed E-state index contributed by atoms with van der Waals surface area (Å²) in [6, 6.07) is 5.46. The van der Waals surface area contributed by atoms with Gasteiger partial charge in [-0.2, -0.15) is 0 Å². The minimum Gasteiger partial charge on any atom is -0.494 e. The van der Waals surface area contributed by atoms with Gasteiger partial charge in [-0.1, -0.05) is 23.2 Å². The third-order valence-corrected chi connectivity index (χ3v) is 4.32. The Morgan fingerprint density at radius 1 is 1.22 bits per heavy atom. The molecule has 27 heavy (non-hydrogen) atoms. The van der Waals surface area contributed by atoms with Gasteiger partial charge in [-0.15, -0.1) is 0 Å². The van der Waals surface area contributed by atoms with Crippen molar-refractivity contribution in [2.75, 3.05) is 12.4 Å². The fraction of sp³-hybridized carbons (Fsp3) is 0.0556. The van der Waals surface area contributed by atoms with E-state index in [4.69, 9.17) is 27.9 Å². The first kappa shape index (κ1) is 18.9. The third kappa shape index (κ3) is 3.79. The molecule has 0 bridgehead atoms. The van der Waals surface area contributed by atoms with Gasteiger partial charge in [0.05, 0.1) is 28.9 Å². The standard InChI is InChI=1S/C18H12Cl2FN3O3/c1-27-14-4-5-22-8-13(14)24-18(26)12-6-9(7-23-12)17(25)15-10(19)2-3-11(20)16(15)21/h2-8,23H,1H3,(H,24,26). The van der Waals surface area contributed by atoms with Crippen molar-refractivity contribution in [1.29, 1.82) is 0 Å². The molecule has 0 aliphatic carbocycles. The zero-order chi connectivity index (χ0) is 19.6. The van der Waals surface area contributed by atoms with Gasteiger partial charge in [0, 0.05) is 24.0 Å². The number of rotatable bonds is 5. The Hall–Kier alpha value is -2.90. The lowest BCUT2D eigenvalue weighted by Crippen LogP contribution is -2.13. The Bertz CT molecular complexity index is 1040. The van der Waals surface area contributed by atoms with Gasteiger partial charge in [-0.05, 0) is 18.2 Å². The smallest absolute Gasteiger partial charge is 0.272 e. The quantitative estimate of drug-likeness (QED) is 0.486. The number of hydrogen-bond donors (Lipinski definition) is 2. The summed E-state index contributed by atoms with van der Waals surface area (Å²) in [6.45, 7) is 0. The highest BCUT2D eigenvalue weighted by Crippen LogP contribution is 2.28. The number of aromatic nitrogens is 2. The Kier molecular flexibility index (Phi) is 5.43. The normalized spacial score (nSPS) is 10.5. The number of hydrogen-bond acceptors (Lipinski definition) is 4. The molecule has 138 valence electrons. The van der Waals surface area contributed by atoms with Crippen LogP contribution < -0.4 is 10.1 Å². The van der Waals surface area contributed by atoms with E-state index >= 15 is 0 Å². The second-order valence-corrected chi connectivity index (χ2v) is 6.19. The molecule has 2 N–H and O–H groups in total. The lowest BCUT2D eigenvalue weighted by atomic mass is 10.0. The molecular formula is C18H12Cl2FN3O3. The van der Waals surface area contributed by atoms with Crippen LogP contribution in [0, 0.1) is 5.82 Å². The number of ketones is 1. The van der Waals surface area contributed by atoms with Crippen LogP contribution in [-0.4, -0.2) is 28.8 Å². The lowest BCUT2D eigenvalue weighted by molar-refractivity contribution is 0.102. The summed E-state index contributed by atoms with van der Waals surface area (Å²) in [5, 5.41) is 2.31. The van der Waals surface area contributed by atoms with Crippen LogP contribution in [0.15, 0.2) is 42.9 Å². The highest BCUT2D eigenvalue weighted by Gasteiger charge is 2.22. The number of halogens is 3. The molecule has 0 atom stereocenters. The van der Waals surface area contributed by atoms with Gasteiger partial charge < -0.3 is 15.0 Å². The summed E-state index contributed by atoms with van der Waals surface area (Å²) in [5.41, 5.74) is 0.143. The van der Waals surface area contributed by atoms with Crippen molar-refractivity contribution in [3.63, 3.8) is 0 Å². The van der Waals surface area contributed by atoms with Crippen LogP contribution >= 0.6 is 23.2 Å². The number of nitrogens with zero attached hydrogens (tertiary/aromatic N) is 1. The first-order chi connectivity index (χ1) is 12.9.